The molecule has 5 heteroatoms. The smallest absolute Gasteiger partial charge is 0.141 e. The molecule has 106 valence electrons. The van der Waals surface area contributed by atoms with Crippen molar-refractivity contribution in [1.82, 2.24) is 9.97 Å². The van der Waals surface area contributed by atoms with Crippen LogP contribution in [0.15, 0.2) is 48.8 Å². The molecule has 0 unspecified atom stereocenters. The summed E-state index contributed by atoms with van der Waals surface area (Å²) < 4.78 is 0. The van der Waals surface area contributed by atoms with Gasteiger partial charge in [-0.1, -0.05) is 12.1 Å². The van der Waals surface area contributed by atoms with Crippen molar-refractivity contribution < 1.29 is 0 Å². The first-order valence-corrected chi connectivity index (χ1v) is 6.69. The fourth-order valence-corrected chi connectivity index (χ4v) is 2.27. The Morgan fingerprint density at radius 3 is 2.67 bits per heavy atom. The van der Waals surface area contributed by atoms with Crippen LogP contribution in [0.1, 0.15) is 0 Å². The SMILES string of the molecule is CN(C)c1ccccc1Nc1ncnc2ccc(N)cc12. The third-order valence-corrected chi connectivity index (χ3v) is 3.30. The predicted octanol–water partition coefficient (Wildman–Crippen LogP) is 3.02. The van der Waals surface area contributed by atoms with Crippen molar-refractivity contribution in [3.05, 3.63) is 48.8 Å². The standard InChI is InChI=1S/C16H17N5/c1-21(2)15-6-4-3-5-14(15)20-16-12-9-11(17)7-8-13(12)18-10-19-16/h3-10H,17H2,1-2H3,(H,18,19,20). The van der Waals surface area contributed by atoms with E-state index in [1.165, 1.54) is 0 Å². The van der Waals surface area contributed by atoms with Gasteiger partial charge in [0, 0.05) is 25.2 Å². The van der Waals surface area contributed by atoms with Crippen molar-refractivity contribution in [1.29, 1.82) is 0 Å². The van der Waals surface area contributed by atoms with Crippen LogP contribution in [0.4, 0.5) is 22.9 Å². The molecular formula is C16H17N5. The minimum atomic E-state index is 0.696. The van der Waals surface area contributed by atoms with Crippen LogP contribution < -0.4 is 16.0 Å². The first kappa shape index (κ1) is 13.2. The maximum Gasteiger partial charge on any atom is 0.141 e. The summed E-state index contributed by atoms with van der Waals surface area (Å²) in [4.78, 5) is 10.7. The van der Waals surface area contributed by atoms with Gasteiger partial charge in [-0.2, -0.15) is 0 Å². The summed E-state index contributed by atoms with van der Waals surface area (Å²) in [6, 6.07) is 13.7. The molecule has 0 aliphatic rings. The lowest BCUT2D eigenvalue weighted by molar-refractivity contribution is 1.13. The van der Waals surface area contributed by atoms with E-state index in [9.17, 15) is 0 Å². The van der Waals surface area contributed by atoms with E-state index in [1.807, 2.05) is 50.5 Å². The second-order valence-electron chi connectivity index (χ2n) is 5.04. The Kier molecular flexibility index (Phi) is 3.31. The minimum Gasteiger partial charge on any atom is -0.399 e. The Bertz CT molecular complexity index is 782. The molecule has 0 aliphatic heterocycles. The summed E-state index contributed by atoms with van der Waals surface area (Å²) in [6.07, 6.45) is 1.55. The average molecular weight is 279 g/mol. The second kappa shape index (κ2) is 5.28. The van der Waals surface area contributed by atoms with Crippen molar-refractivity contribution in [2.75, 3.05) is 30.0 Å². The molecule has 0 amide bonds. The van der Waals surface area contributed by atoms with Crippen LogP contribution >= 0.6 is 0 Å². The number of para-hydroxylation sites is 2. The largest absolute Gasteiger partial charge is 0.399 e. The molecule has 0 saturated heterocycles. The average Bonchev–Trinajstić information content (AvgIpc) is 2.48. The minimum absolute atomic E-state index is 0.696. The number of benzene rings is 2. The number of rotatable bonds is 3. The molecule has 2 aromatic carbocycles. The van der Waals surface area contributed by atoms with E-state index in [-0.39, 0.29) is 0 Å². The van der Waals surface area contributed by atoms with Crippen molar-refractivity contribution in [3.63, 3.8) is 0 Å². The number of anilines is 4. The van der Waals surface area contributed by atoms with Crippen molar-refractivity contribution in [2.24, 2.45) is 0 Å². The highest BCUT2D eigenvalue weighted by molar-refractivity contribution is 5.93. The van der Waals surface area contributed by atoms with Crippen LogP contribution in [0.2, 0.25) is 0 Å². The molecule has 0 saturated carbocycles. The van der Waals surface area contributed by atoms with Crippen LogP contribution in [0.5, 0.6) is 0 Å². The number of hydrogen-bond donors (Lipinski definition) is 2. The summed E-state index contributed by atoms with van der Waals surface area (Å²) in [5.41, 5.74) is 9.51. The Morgan fingerprint density at radius 1 is 1.05 bits per heavy atom. The van der Waals surface area contributed by atoms with E-state index >= 15 is 0 Å². The van der Waals surface area contributed by atoms with Gasteiger partial charge in [0.2, 0.25) is 0 Å². The lowest BCUT2D eigenvalue weighted by Crippen LogP contribution is -2.11. The number of fused-ring (bicyclic) bond motifs is 1. The fourth-order valence-electron chi connectivity index (χ4n) is 2.27. The predicted molar refractivity (Wildman–Crippen MR) is 88.0 cm³/mol. The number of nitrogen functional groups attached to an aromatic ring is 1. The van der Waals surface area contributed by atoms with Gasteiger partial charge in [-0.25, -0.2) is 9.97 Å². The van der Waals surface area contributed by atoms with Crippen LogP contribution in [0.25, 0.3) is 10.9 Å². The fraction of sp³-hybridized carbons (Fsp3) is 0.125. The highest BCUT2D eigenvalue weighted by Crippen LogP contribution is 2.29. The van der Waals surface area contributed by atoms with Crippen LogP contribution in [-0.2, 0) is 0 Å². The molecule has 0 atom stereocenters. The van der Waals surface area contributed by atoms with Crippen LogP contribution in [-0.4, -0.2) is 24.1 Å². The van der Waals surface area contributed by atoms with Gasteiger partial charge < -0.3 is 16.0 Å². The number of hydrogen-bond acceptors (Lipinski definition) is 5. The van der Waals surface area contributed by atoms with E-state index in [0.717, 1.165) is 28.1 Å². The van der Waals surface area contributed by atoms with E-state index in [1.54, 1.807) is 6.33 Å². The molecule has 0 radical (unpaired) electrons. The van der Waals surface area contributed by atoms with E-state index in [2.05, 4.69) is 26.3 Å². The van der Waals surface area contributed by atoms with Gasteiger partial charge >= 0.3 is 0 Å². The third-order valence-electron chi connectivity index (χ3n) is 3.30. The molecule has 21 heavy (non-hydrogen) atoms. The Hall–Kier alpha value is -2.82. The van der Waals surface area contributed by atoms with Crippen molar-refractivity contribution in [2.45, 2.75) is 0 Å². The summed E-state index contributed by atoms with van der Waals surface area (Å²) in [6.45, 7) is 0. The number of nitrogens with zero attached hydrogens (tertiary/aromatic N) is 3. The van der Waals surface area contributed by atoms with E-state index in [4.69, 9.17) is 5.73 Å². The Morgan fingerprint density at radius 2 is 1.86 bits per heavy atom. The molecular weight excluding hydrogens is 262 g/mol. The zero-order chi connectivity index (χ0) is 14.8. The molecule has 3 rings (SSSR count). The van der Waals surface area contributed by atoms with Crippen molar-refractivity contribution >= 4 is 33.8 Å². The van der Waals surface area contributed by atoms with Gasteiger partial charge in [-0.15, -0.1) is 0 Å². The summed E-state index contributed by atoms with van der Waals surface area (Å²) in [5, 5.41) is 4.28. The zero-order valence-corrected chi connectivity index (χ0v) is 12.0. The highest BCUT2D eigenvalue weighted by Gasteiger charge is 2.08. The third kappa shape index (κ3) is 2.58. The Labute approximate surface area is 123 Å². The monoisotopic (exact) mass is 279 g/mol. The highest BCUT2D eigenvalue weighted by atomic mass is 15.1. The zero-order valence-electron chi connectivity index (χ0n) is 12.0. The first-order valence-electron chi connectivity index (χ1n) is 6.69. The number of nitrogens with one attached hydrogen (secondary N) is 1. The first-order chi connectivity index (χ1) is 10.1. The Balaban J connectivity index is 2.08. The van der Waals surface area contributed by atoms with Crippen LogP contribution in [0.3, 0.4) is 0 Å². The molecule has 0 spiro atoms. The molecule has 0 bridgehead atoms. The second-order valence-corrected chi connectivity index (χ2v) is 5.04. The van der Waals surface area contributed by atoms with Gasteiger partial charge in [0.25, 0.3) is 0 Å². The molecule has 3 N–H and O–H groups in total. The molecule has 5 nitrogen and oxygen atoms in total. The maximum atomic E-state index is 5.87. The lowest BCUT2D eigenvalue weighted by Gasteiger charge is -2.18. The number of aromatic nitrogens is 2. The van der Waals surface area contributed by atoms with Gasteiger partial charge in [-0.3, -0.25) is 0 Å². The molecule has 1 heterocycles. The molecule has 3 aromatic rings. The number of nitrogens with two attached hydrogens (primary N) is 1. The summed E-state index contributed by atoms with van der Waals surface area (Å²) in [7, 11) is 4.02. The summed E-state index contributed by atoms with van der Waals surface area (Å²) >= 11 is 0. The van der Waals surface area contributed by atoms with E-state index in [0.29, 0.717) is 5.69 Å². The van der Waals surface area contributed by atoms with Crippen molar-refractivity contribution in [3.8, 4) is 0 Å². The molecule has 0 fully saturated rings. The lowest BCUT2D eigenvalue weighted by atomic mass is 10.2. The quantitative estimate of drug-likeness (QED) is 0.721. The van der Waals surface area contributed by atoms with Crippen LogP contribution in [0, 0.1) is 0 Å². The van der Waals surface area contributed by atoms with Gasteiger partial charge in [-0.05, 0) is 30.3 Å². The van der Waals surface area contributed by atoms with E-state index < -0.39 is 0 Å². The maximum absolute atomic E-state index is 5.87. The summed E-state index contributed by atoms with van der Waals surface area (Å²) in [5.74, 6) is 0.751. The topological polar surface area (TPSA) is 67.1 Å². The normalized spacial score (nSPS) is 10.6. The van der Waals surface area contributed by atoms with Gasteiger partial charge in [0.1, 0.15) is 12.1 Å². The molecule has 1 aromatic heterocycles. The van der Waals surface area contributed by atoms with Gasteiger partial charge in [0.05, 0.1) is 16.9 Å². The molecule has 0 aliphatic carbocycles. The van der Waals surface area contributed by atoms with Gasteiger partial charge in [0.15, 0.2) is 0 Å².